The van der Waals surface area contributed by atoms with Gasteiger partial charge in [-0.25, -0.2) is 19.2 Å². The van der Waals surface area contributed by atoms with E-state index in [1.54, 1.807) is 42.5 Å². The van der Waals surface area contributed by atoms with Gasteiger partial charge in [-0.2, -0.15) is 10.2 Å². The zero-order valence-electron chi connectivity index (χ0n) is 22.7. The molecule has 1 saturated heterocycles. The SMILES string of the molecule is Cn1cc(-c2cc(OP(=O)(O)O)c(=O)n(Cc3cccc(-c4ncc(OCCN5CCOCC5)cn4)c3)n2)cn1.O.O. The van der Waals surface area contributed by atoms with Crippen LogP contribution in [0.3, 0.4) is 0 Å². The Bertz CT molecular complexity index is 1570. The zero-order chi connectivity index (χ0) is 28.1. The van der Waals surface area contributed by atoms with Crippen molar-refractivity contribution in [1.82, 2.24) is 34.4 Å². The lowest BCUT2D eigenvalue weighted by Gasteiger charge is -2.26. The van der Waals surface area contributed by atoms with Gasteiger partial charge in [-0.3, -0.25) is 24.2 Å². The molecule has 1 fully saturated rings. The van der Waals surface area contributed by atoms with E-state index in [4.69, 9.17) is 9.47 Å². The third-order valence-electron chi connectivity index (χ3n) is 6.09. The lowest BCUT2D eigenvalue weighted by molar-refractivity contribution is 0.0322. The molecule has 1 aliphatic heterocycles. The average molecular weight is 606 g/mol. The number of phosphoric acid groups is 1. The Kier molecular flexibility index (Phi) is 11.0. The summed E-state index contributed by atoms with van der Waals surface area (Å²) in [6, 6.07) is 8.42. The van der Waals surface area contributed by atoms with Crippen LogP contribution in [-0.2, 0) is 22.9 Å². The van der Waals surface area contributed by atoms with Gasteiger partial charge in [-0.05, 0) is 11.6 Å². The fourth-order valence-electron chi connectivity index (χ4n) is 4.15. The lowest BCUT2D eigenvalue weighted by atomic mass is 10.1. The Balaban J connectivity index is 0.00000242. The van der Waals surface area contributed by atoms with Gasteiger partial charge >= 0.3 is 13.4 Å². The number of benzene rings is 1. The van der Waals surface area contributed by atoms with Crippen LogP contribution in [0.25, 0.3) is 22.6 Å². The molecule has 0 radical (unpaired) electrons. The number of nitrogens with zero attached hydrogens (tertiary/aromatic N) is 7. The summed E-state index contributed by atoms with van der Waals surface area (Å²) >= 11 is 0. The molecule has 6 N–H and O–H groups in total. The maximum absolute atomic E-state index is 13.0. The van der Waals surface area contributed by atoms with E-state index in [0.29, 0.717) is 34.9 Å². The Labute approximate surface area is 240 Å². The van der Waals surface area contributed by atoms with Crippen molar-refractivity contribution in [2.24, 2.45) is 7.05 Å². The van der Waals surface area contributed by atoms with Crippen LogP contribution >= 0.6 is 7.82 Å². The van der Waals surface area contributed by atoms with E-state index in [0.717, 1.165) is 37.5 Å². The summed E-state index contributed by atoms with van der Waals surface area (Å²) in [4.78, 5) is 42.7. The van der Waals surface area contributed by atoms with E-state index in [1.165, 1.54) is 12.3 Å². The second-order valence-electron chi connectivity index (χ2n) is 9.09. The van der Waals surface area contributed by atoms with Gasteiger partial charge in [0.05, 0.1) is 44.0 Å². The minimum atomic E-state index is -4.99. The number of phosphoric ester groups is 1. The van der Waals surface area contributed by atoms with Crippen molar-refractivity contribution in [2.45, 2.75) is 6.54 Å². The topological polar surface area (TPSA) is 230 Å². The summed E-state index contributed by atoms with van der Waals surface area (Å²) < 4.78 is 29.9. The molecule has 1 aliphatic rings. The molecular formula is C25H32N7O9P. The smallest absolute Gasteiger partial charge is 0.489 e. The Morgan fingerprint density at radius 3 is 2.45 bits per heavy atom. The maximum Gasteiger partial charge on any atom is 0.524 e. The molecule has 226 valence electrons. The molecule has 42 heavy (non-hydrogen) atoms. The number of hydrogen-bond acceptors (Lipinski definition) is 10. The molecule has 0 unspecified atom stereocenters. The Morgan fingerprint density at radius 2 is 1.79 bits per heavy atom. The van der Waals surface area contributed by atoms with Gasteiger partial charge < -0.3 is 24.9 Å². The predicted molar refractivity (Wildman–Crippen MR) is 150 cm³/mol. The van der Waals surface area contributed by atoms with E-state index >= 15 is 0 Å². The first-order chi connectivity index (χ1) is 19.2. The third kappa shape index (κ3) is 8.50. The molecule has 16 nitrogen and oxygen atoms in total. The van der Waals surface area contributed by atoms with Crippen LogP contribution < -0.4 is 14.8 Å². The highest BCUT2D eigenvalue weighted by Crippen LogP contribution is 2.36. The van der Waals surface area contributed by atoms with Crippen LogP contribution in [0, 0.1) is 0 Å². The largest absolute Gasteiger partial charge is 0.524 e. The van der Waals surface area contributed by atoms with Gasteiger partial charge in [-0.1, -0.05) is 18.2 Å². The molecule has 0 amide bonds. The molecule has 4 heterocycles. The first-order valence-corrected chi connectivity index (χ1v) is 14.0. The fraction of sp³-hybridized carbons (Fsp3) is 0.320. The van der Waals surface area contributed by atoms with E-state index in [1.807, 2.05) is 12.1 Å². The van der Waals surface area contributed by atoms with Gasteiger partial charge in [0.1, 0.15) is 6.61 Å². The summed E-state index contributed by atoms with van der Waals surface area (Å²) in [5, 5.41) is 8.47. The normalized spacial score (nSPS) is 13.6. The first-order valence-electron chi connectivity index (χ1n) is 12.4. The molecule has 5 rings (SSSR count). The highest BCUT2D eigenvalue weighted by Gasteiger charge is 2.22. The van der Waals surface area contributed by atoms with Gasteiger partial charge in [0.2, 0.25) is 0 Å². The zero-order valence-corrected chi connectivity index (χ0v) is 23.6. The van der Waals surface area contributed by atoms with Gasteiger partial charge in [-0.15, -0.1) is 0 Å². The third-order valence-corrected chi connectivity index (χ3v) is 6.52. The van der Waals surface area contributed by atoms with Crippen LogP contribution in [0.2, 0.25) is 0 Å². The second-order valence-corrected chi connectivity index (χ2v) is 10.3. The molecule has 0 atom stereocenters. The first kappa shape index (κ1) is 32.5. The molecule has 0 aliphatic carbocycles. The van der Waals surface area contributed by atoms with Crippen molar-refractivity contribution in [1.29, 1.82) is 0 Å². The van der Waals surface area contributed by atoms with Crippen molar-refractivity contribution in [2.75, 3.05) is 39.5 Å². The molecule has 0 bridgehead atoms. The van der Waals surface area contributed by atoms with Crippen molar-refractivity contribution in [3.63, 3.8) is 0 Å². The van der Waals surface area contributed by atoms with E-state index in [-0.39, 0.29) is 23.2 Å². The summed E-state index contributed by atoms with van der Waals surface area (Å²) in [6.45, 7) is 4.57. The van der Waals surface area contributed by atoms with Crippen LogP contribution in [0.15, 0.2) is 59.9 Å². The highest BCUT2D eigenvalue weighted by atomic mass is 31.2. The number of ether oxygens (including phenoxy) is 2. The number of morpholine rings is 1. The number of aryl methyl sites for hydroxylation is 1. The summed E-state index contributed by atoms with van der Waals surface area (Å²) in [5.74, 6) is 0.511. The predicted octanol–water partition coefficient (Wildman–Crippen LogP) is -0.318. The van der Waals surface area contributed by atoms with E-state index in [2.05, 4.69) is 29.6 Å². The lowest BCUT2D eigenvalue weighted by Crippen LogP contribution is -2.38. The highest BCUT2D eigenvalue weighted by molar-refractivity contribution is 7.46. The average Bonchev–Trinajstić information content (AvgIpc) is 3.37. The number of hydrogen-bond donors (Lipinski definition) is 2. The van der Waals surface area contributed by atoms with Gasteiger partial charge in [0.25, 0.3) is 0 Å². The number of aromatic nitrogens is 6. The Morgan fingerprint density at radius 1 is 1.05 bits per heavy atom. The monoisotopic (exact) mass is 605 g/mol. The van der Waals surface area contributed by atoms with Crippen LogP contribution in [0.5, 0.6) is 11.5 Å². The van der Waals surface area contributed by atoms with Crippen LogP contribution in [0.4, 0.5) is 0 Å². The van der Waals surface area contributed by atoms with E-state index in [9.17, 15) is 19.1 Å². The maximum atomic E-state index is 13.0. The second kappa shape index (κ2) is 14.2. The van der Waals surface area contributed by atoms with Crippen molar-refractivity contribution < 1.29 is 39.3 Å². The molecule has 0 spiro atoms. The van der Waals surface area contributed by atoms with E-state index < -0.39 is 19.1 Å². The molecule has 0 saturated carbocycles. The van der Waals surface area contributed by atoms with Crippen LogP contribution in [0.1, 0.15) is 5.56 Å². The quantitative estimate of drug-likeness (QED) is 0.222. The minimum absolute atomic E-state index is 0. The summed E-state index contributed by atoms with van der Waals surface area (Å²) in [6.07, 6.45) is 6.41. The molecule has 3 aromatic heterocycles. The van der Waals surface area contributed by atoms with Crippen molar-refractivity contribution in [3.8, 4) is 34.1 Å². The molecule has 4 aromatic rings. The van der Waals surface area contributed by atoms with Gasteiger partial charge in [0.15, 0.2) is 17.3 Å². The molecule has 17 heteroatoms. The van der Waals surface area contributed by atoms with Crippen molar-refractivity contribution in [3.05, 3.63) is 71.0 Å². The minimum Gasteiger partial charge on any atom is -0.489 e. The number of rotatable bonds is 10. The molecule has 1 aromatic carbocycles. The standard InChI is InChI=1S/C25H28N7O7P.2H2O/c1-30-17-20(13-28-30)22-12-23(39-40(34,35)36)25(33)32(29-22)16-18-3-2-4-19(11-18)24-26-14-21(15-27-24)38-10-7-31-5-8-37-9-6-31;;/h2-4,11-15,17H,5-10,16H2,1H3,(H2,34,35,36);2*1H2. The Hall–Kier alpha value is -4.02. The van der Waals surface area contributed by atoms with Crippen LogP contribution in [-0.4, -0.2) is 94.6 Å². The van der Waals surface area contributed by atoms with Gasteiger partial charge in [0, 0.05) is 50.1 Å². The molecular weight excluding hydrogens is 573 g/mol. The summed E-state index contributed by atoms with van der Waals surface area (Å²) in [7, 11) is -3.27. The fourth-order valence-corrected chi connectivity index (χ4v) is 4.54. The summed E-state index contributed by atoms with van der Waals surface area (Å²) in [5.41, 5.74) is 1.41. The van der Waals surface area contributed by atoms with Crippen molar-refractivity contribution >= 4 is 7.82 Å².